The van der Waals surface area contributed by atoms with Crippen LogP contribution in [-0.2, 0) is 4.79 Å². The van der Waals surface area contributed by atoms with Crippen LogP contribution in [0.25, 0.3) is 0 Å². The number of rotatable bonds is 4. The lowest BCUT2D eigenvalue weighted by Crippen LogP contribution is -2.30. The highest BCUT2D eigenvalue weighted by Crippen LogP contribution is 2.32. The molecule has 0 aliphatic carbocycles. The molecule has 1 aromatic heterocycles. The first kappa shape index (κ1) is 16.2. The predicted octanol–water partition coefficient (Wildman–Crippen LogP) is 2.70. The van der Waals surface area contributed by atoms with Crippen molar-refractivity contribution in [2.24, 2.45) is 0 Å². The molecule has 2 heterocycles. The van der Waals surface area contributed by atoms with Gasteiger partial charge >= 0.3 is 0 Å². The minimum absolute atomic E-state index is 0.0833. The van der Waals surface area contributed by atoms with Gasteiger partial charge in [-0.15, -0.1) is 0 Å². The summed E-state index contributed by atoms with van der Waals surface area (Å²) in [5.74, 6) is 0.864. The number of likely N-dealkylation sites (tertiary alicyclic amines) is 1. The minimum Gasteiger partial charge on any atom is -0.337 e. The maximum atomic E-state index is 12.9. The fourth-order valence-corrected chi connectivity index (χ4v) is 2.86. The molecule has 24 heavy (non-hydrogen) atoms. The Labute approximate surface area is 140 Å². The van der Waals surface area contributed by atoms with E-state index in [2.05, 4.69) is 15.5 Å². The smallest absolute Gasteiger partial charge is 0.254 e. The zero-order valence-corrected chi connectivity index (χ0v) is 13.8. The standard InChI is InChI=1S/C17H20N4O3/c1-3-15(22)19-13-7-4-6-12(10-13)17(23)21-9-5-8-14(21)16-18-11(2)20-24-16/h4,6-7,10,14H,3,5,8-9H2,1-2H3,(H,19,22). The Morgan fingerprint density at radius 3 is 2.96 bits per heavy atom. The fraction of sp³-hybridized carbons (Fsp3) is 0.412. The molecule has 1 aromatic carbocycles. The van der Waals surface area contributed by atoms with Crippen LogP contribution in [0.15, 0.2) is 28.8 Å². The van der Waals surface area contributed by atoms with Gasteiger partial charge in [0.25, 0.3) is 5.91 Å². The van der Waals surface area contributed by atoms with E-state index in [0.29, 0.717) is 35.9 Å². The number of hydrogen-bond acceptors (Lipinski definition) is 5. The number of hydrogen-bond donors (Lipinski definition) is 1. The van der Waals surface area contributed by atoms with Crippen molar-refractivity contribution < 1.29 is 14.1 Å². The second-order valence-electron chi connectivity index (χ2n) is 5.82. The fourth-order valence-electron chi connectivity index (χ4n) is 2.86. The van der Waals surface area contributed by atoms with Gasteiger partial charge in [0.05, 0.1) is 0 Å². The van der Waals surface area contributed by atoms with Crippen LogP contribution in [-0.4, -0.2) is 33.4 Å². The molecule has 1 N–H and O–H groups in total. The predicted molar refractivity (Wildman–Crippen MR) is 87.4 cm³/mol. The van der Waals surface area contributed by atoms with Crippen LogP contribution in [0.3, 0.4) is 0 Å². The molecule has 1 saturated heterocycles. The minimum atomic E-state index is -0.187. The highest BCUT2D eigenvalue weighted by molar-refractivity contribution is 5.97. The third-order valence-corrected chi connectivity index (χ3v) is 4.06. The van der Waals surface area contributed by atoms with E-state index in [9.17, 15) is 9.59 Å². The first-order valence-electron chi connectivity index (χ1n) is 8.09. The summed E-state index contributed by atoms with van der Waals surface area (Å²) in [4.78, 5) is 30.4. The van der Waals surface area contributed by atoms with Crippen LogP contribution >= 0.6 is 0 Å². The molecule has 2 amide bonds. The summed E-state index contributed by atoms with van der Waals surface area (Å²) in [6.45, 7) is 4.19. The number of nitrogens with one attached hydrogen (secondary N) is 1. The van der Waals surface area contributed by atoms with Gasteiger partial charge in [-0.25, -0.2) is 0 Å². The molecule has 0 bridgehead atoms. The second-order valence-corrected chi connectivity index (χ2v) is 5.82. The summed E-state index contributed by atoms with van der Waals surface area (Å²) in [7, 11) is 0. The van der Waals surface area contributed by atoms with Crippen LogP contribution in [0, 0.1) is 6.92 Å². The maximum absolute atomic E-state index is 12.9. The Morgan fingerprint density at radius 1 is 1.42 bits per heavy atom. The lowest BCUT2D eigenvalue weighted by atomic mass is 10.1. The molecule has 0 radical (unpaired) electrons. The highest BCUT2D eigenvalue weighted by atomic mass is 16.5. The molecule has 7 heteroatoms. The Hall–Kier alpha value is -2.70. The van der Waals surface area contributed by atoms with Gasteiger partial charge in [-0.2, -0.15) is 4.98 Å². The highest BCUT2D eigenvalue weighted by Gasteiger charge is 2.34. The molecule has 0 spiro atoms. The molecule has 7 nitrogen and oxygen atoms in total. The number of carbonyl (C=O) groups is 2. The van der Waals surface area contributed by atoms with Gasteiger partial charge in [-0.1, -0.05) is 18.1 Å². The summed E-state index contributed by atoms with van der Waals surface area (Å²) in [6, 6.07) is 6.80. The van der Waals surface area contributed by atoms with Crippen molar-refractivity contribution in [2.75, 3.05) is 11.9 Å². The summed E-state index contributed by atoms with van der Waals surface area (Å²) >= 11 is 0. The van der Waals surface area contributed by atoms with Crippen LogP contribution in [0.4, 0.5) is 5.69 Å². The SMILES string of the molecule is CCC(=O)Nc1cccc(C(=O)N2CCCC2c2nc(C)no2)c1. The number of aromatic nitrogens is 2. The number of nitrogens with zero attached hydrogens (tertiary/aromatic N) is 3. The molecule has 1 atom stereocenters. The third-order valence-electron chi connectivity index (χ3n) is 4.06. The van der Waals surface area contributed by atoms with Crippen molar-refractivity contribution in [3.05, 3.63) is 41.5 Å². The molecule has 1 aliphatic heterocycles. The Bertz CT molecular complexity index is 756. The molecule has 126 valence electrons. The molecule has 1 aliphatic rings. The molecular formula is C17H20N4O3. The van der Waals surface area contributed by atoms with E-state index in [1.165, 1.54) is 0 Å². The van der Waals surface area contributed by atoms with Crippen molar-refractivity contribution >= 4 is 17.5 Å². The largest absolute Gasteiger partial charge is 0.337 e. The summed E-state index contributed by atoms with van der Waals surface area (Å²) in [5, 5.41) is 6.59. The van der Waals surface area contributed by atoms with Crippen molar-refractivity contribution in [1.82, 2.24) is 15.0 Å². The van der Waals surface area contributed by atoms with Crippen LogP contribution in [0.2, 0.25) is 0 Å². The van der Waals surface area contributed by atoms with E-state index in [-0.39, 0.29) is 17.9 Å². The number of carbonyl (C=O) groups excluding carboxylic acids is 2. The van der Waals surface area contributed by atoms with Crippen molar-refractivity contribution in [2.45, 2.75) is 39.2 Å². The van der Waals surface area contributed by atoms with Gasteiger partial charge in [-0.3, -0.25) is 9.59 Å². The van der Waals surface area contributed by atoms with E-state index >= 15 is 0 Å². The average molecular weight is 328 g/mol. The molecule has 1 unspecified atom stereocenters. The van der Waals surface area contributed by atoms with E-state index in [1.807, 2.05) is 0 Å². The van der Waals surface area contributed by atoms with Crippen LogP contribution < -0.4 is 5.32 Å². The zero-order valence-electron chi connectivity index (χ0n) is 13.8. The van der Waals surface area contributed by atoms with E-state index in [1.54, 1.807) is 43.0 Å². The van der Waals surface area contributed by atoms with E-state index in [0.717, 1.165) is 12.8 Å². The van der Waals surface area contributed by atoms with Gasteiger partial charge in [0.1, 0.15) is 6.04 Å². The lowest BCUT2D eigenvalue weighted by Gasteiger charge is -2.22. The van der Waals surface area contributed by atoms with Crippen LogP contribution in [0.5, 0.6) is 0 Å². The van der Waals surface area contributed by atoms with Gasteiger partial charge in [0.2, 0.25) is 11.8 Å². The van der Waals surface area contributed by atoms with E-state index < -0.39 is 0 Å². The Morgan fingerprint density at radius 2 is 2.25 bits per heavy atom. The van der Waals surface area contributed by atoms with Gasteiger partial charge in [-0.05, 0) is 38.0 Å². The quantitative estimate of drug-likeness (QED) is 0.932. The Balaban J connectivity index is 1.80. The first-order valence-corrected chi connectivity index (χ1v) is 8.09. The summed E-state index contributed by atoms with van der Waals surface area (Å²) in [6.07, 6.45) is 2.09. The number of amides is 2. The topological polar surface area (TPSA) is 88.3 Å². The van der Waals surface area contributed by atoms with Crippen molar-refractivity contribution in [1.29, 1.82) is 0 Å². The maximum Gasteiger partial charge on any atom is 0.254 e. The van der Waals surface area contributed by atoms with Crippen LogP contribution in [0.1, 0.15) is 54.3 Å². The molecule has 1 fully saturated rings. The monoisotopic (exact) mass is 328 g/mol. The average Bonchev–Trinajstić information content (AvgIpc) is 3.22. The molecular weight excluding hydrogens is 308 g/mol. The molecule has 2 aromatic rings. The molecule has 3 rings (SSSR count). The third kappa shape index (κ3) is 3.29. The number of benzene rings is 1. The Kier molecular flexibility index (Phi) is 4.59. The zero-order chi connectivity index (χ0) is 17.1. The molecule has 0 saturated carbocycles. The van der Waals surface area contributed by atoms with Gasteiger partial charge in [0.15, 0.2) is 5.82 Å². The van der Waals surface area contributed by atoms with Crippen molar-refractivity contribution in [3.8, 4) is 0 Å². The number of anilines is 1. The first-order chi connectivity index (χ1) is 11.6. The van der Waals surface area contributed by atoms with Gasteiger partial charge in [0, 0.05) is 24.2 Å². The lowest BCUT2D eigenvalue weighted by molar-refractivity contribution is -0.115. The van der Waals surface area contributed by atoms with Gasteiger partial charge < -0.3 is 14.7 Å². The summed E-state index contributed by atoms with van der Waals surface area (Å²) in [5.41, 5.74) is 1.16. The van der Waals surface area contributed by atoms with E-state index in [4.69, 9.17) is 4.52 Å². The number of aryl methyl sites for hydroxylation is 1. The normalized spacial score (nSPS) is 17.1. The van der Waals surface area contributed by atoms with Crippen molar-refractivity contribution in [3.63, 3.8) is 0 Å². The summed E-state index contributed by atoms with van der Waals surface area (Å²) < 4.78 is 5.24. The second kappa shape index (κ2) is 6.82.